The van der Waals surface area contributed by atoms with Crippen LogP contribution in [0.5, 0.6) is 0 Å². The van der Waals surface area contributed by atoms with Crippen LogP contribution in [0.15, 0.2) is 47.4 Å². The van der Waals surface area contributed by atoms with E-state index in [0.29, 0.717) is 20.6 Å². The van der Waals surface area contributed by atoms with Gasteiger partial charge in [0.15, 0.2) is 0 Å². The van der Waals surface area contributed by atoms with E-state index in [-0.39, 0.29) is 29.9 Å². The molecule has 0 aliphatic heterocycles. The number of sulfonamides is 1. The summed E-state index contributed by atoms with van der Waals surface area (Å²) in [5.74, 6) is -0.312. The van der Waals surface area contributed by atoms with Crippen LogP contribution < -0.4 is 5.32 Å². The number of nitrogens with zero attached hydrogens (tertiary/aromatic N) is 1. The Morgan fingerprint density at radius 2 is 1.53 bits per heavy atom. The van der Waals surface area contributed by atoms with Crippen LogP contribution in [0.3, 0.4) is 0 Å². The third kappa shape index (κ3) is 7.09. The van der Waals surface area contributed by atoms with Crippen molar-refractivity contribution in [1.29, 1.82) is 0 Å². The van der Waals surface area contributed by atoms with Crippen molar-refractivity contribution in [3.8, 4) is 0 Å². The van der Waals surface area contributed by atoms with Crippen molar-refractivity contribution in [3.05, 3.63) is 63.1 Å². The summed E-state index contributed by atoms with van der Waals surface area (Å²) in [5.41, 5.74) is 0.635. The average molecular weight is 518 g/mol. The van der Waals surface area contributed by atoms with Crippen molar-refractivity contribution in [2.45, 2.75) is 62.4 Å². The quantitative estimate of drug-likeness (QED) is 0.485. The van der Waals surface area contributed by atoms with Crippen LogP contribution in [0.25, 0.3) is 0 Å². The summed E-state index contributed by atoms with van der Waals surface area (Å²) in [7, 11) is -3.95. The number of amides is 1. The lowest BCUT2D eigenvalue weighted by Gasteiger charge is -2.25. The normalized spacial score (nSPS) is 15.9. The molecule has 0 saturated heterocycles. The zero-order chi connectivity index (χ0) is 23.1. The first-order valence-electron chi connectivity index (χ1n) is 10.7. The molecular formula is C23H27Cl3N2O3S. The first-order chi connectivity index (χ1) is 15.3. The lowest BCUT2D eigenvalue weighted by Crippen LogP contribution is -2.44. The first kappa shape index (κ1) is 25.3. The lowest BCUT2D eigenvalue weighted by atomic mass is 9.97. The van der Waals surface area contributed by atoms with Gasteiger partial charge < -0.3 is 5.32 Å². The monoisotopic (exact) mass is 516 g/mol. The summed E-state index contributed by atoms with van der Waals surface area (Å²) in [6.07, 6.45) is 7.55. The number of nitrogens with one attached hydrogen (secondary N) is 1. The van der Waals surface area contributed by atoms with Gasteiger partial charge in [-0.3, -0.25) is 4.79 Å². The Bertz CT molecular complexity index is 1020. The SMILES string of the molecule is O=C(CN(Cc1ccc(Cl)c(Cl)c1)S(=O)(=O)c1ccc(Cl)cc1)NC1CCCCCCC1. The molecule has 5 nitrogen and oxygen atoms in total. The van der Waals surface area contributed by atoms with Gasteiger partial charge in [0, 0.05) is 17.6 Å². The van der Waals surface area contributed by atoms with E-state index < -0.39 is 10.0 Å². The molecule has 9 heteroatoms. The highest BCUT2D eigenvalue weighted by molar-refractivity contribution is 7.89. The topological polar surface area (TPSA) is 66.5 Å². The number of hydrogen-bond donors (Lipinski definition) is 1. The molecule has 0 bridgehead atoms. The van der Waals surface area contributed by atoms with Crippen molar-refractivity contribution < 1.29 is 13.2 Å². The molecule has 32 heavy (non-hydrogen) atoms. The molecule has 0 radical (unpaired) electrons. The summed E-state index contributed by atoms with van der Waals surface area (Å²) in [5, 5.41) is 4.18. The Kier molecular flexibility index (Phi) is 9.26. The molecule has 0 heterocycles. The van der Waals surface area contributed by atoms with Crippen molar-refractivity contribution in [3.63, 3.8) is 0 Å². The van der Waals surface area contributed by atoms with E-state index in [1.807, 2.05) is 0 Å². The molecule has 3 rings (SSSR count). The second-order valence-corrected chi connectivity index (χ2v) is 11.3. The molecule has 1 aliphatic carbocycles. The van der Waals surface area contributed by atoms with E-state index in [2.05, 4.69) is 5.32 Å². The zero-order valence-corrected chi connectivity index (χ0v) is 20.8. The van der Waals surface area contributed by atoms with E-state index in [0.717, 1.165) is 30.0 Å². The van der Waals surface area contributed by atoms with Crippen LogP contribution in [0, 0.1) is 0 Å². The number of halogens is 3. The Morgan fingerprint density at radius 1 is 0.906 bits per heavy atom. The van der Waals surface area contributed by atoms with Gasteiger partial charge in [-0.15, -0.1) is 0 Å². The van der Waals surface area contributed by atoms with Gasteiger partial charge in [-0.2, -0.15) is 4.31 Å². The third-order valence-electron chi connectivity index (χ3n) is 5.58. The molecule has 2 aromatic rings. The minimum Gasteiger partial charge on any atom is -0.352 e. The second kappa shape index (κ2) is 11.7. The summed E-state index contributed by atoms with van der Waals surface area (Å²) < 4.78 is 27.9. The lowest BCUT2D eigenvalue weighted by molar-refractivity contribution is -0.122. The van der Waals surface area contributed by atoms with Gasteiger partial charge in [-0.1, -0.05) is 73.0 Å². The van der Waals surface area contributed by atoms with Crippen molar-refractivity contribution >= 4 is 50.7 Å². The highest BCUT2D eigenvalue weighted by Gasteiger charge is 2.28. The van der Waals surface area contributed by atoms with Crippen LogP contribution in [0.2, 0.25) is 15.1 Å². The maximum Gasteiger partial charge on any atom is 0.243 e. The Hall–Kier alpha value is -1.31. The summed E-state index contributed by atoms with van der Waals surface area (Å²) in [6.45, 7) is -0.304. The smallest absolute Gasteiger partial charge is 0.243 e. The Balaban J connectivity index is 1.81. The maximum absolute atomic E-state index is 13.4. The van der Waals surface area contributed by atoms with Gasteiger partial charge in [0.1, 0.15) is 0 Å². The van der Waals surface area contributed by atoms with Gasteiger partial charge in [0.25, 0.3) is 0 Å². The molecule has 0 atom stereocenters. The van der Waals surface area contributed by atoms with E-state index >= 15 is 0 Å². The summed E-state index contributed by atoms with van der Waals surface area (Å²) in [6, 6.07) is 10.9. The molecule has 0 unspecified atom stereocenters. The molecule has 0 aromatic heterocycles. The molecule has 174 valence electrons. The average Bonchev–Trinajstić information content (AvgIpc) is 2.72. The van der Waals surface area contributed by atoms with Gasteiger partial charge in [0.05, 0.1) is 21.5 Å². The highest BCUT2D eigenvalue weighted by Crippen LogP contribution is 2.26. The minimum absolute atomic E-state index is 0.0140. The number of carbonyl (C=O) groups is 1. The predicted molar refractivity (Wildman–Crippen MR) is 130 cm³/mol. The highest BCUT2D eigenvalue weighted by atomic mass is 35.5. The Morgan fingerprint density at radius 3 is 2.16 bits per heavy atom. The number of benzene rings is 2. The van der Waals surface area contributed by atoms with Gasteiger partial charge in [0.2, 0.25) is 15.9 Å². The first-order valence-corrected chi connectivity index (χ1v) is 13.3. The fraction of sp³-hybridized carbons (Fsp3) is 0.435. The third-order valence-corrected chi connectivity index (χ3v) is 8.38. The van der Waals surface area contributed by atoms with Crippen LogP contribution in [-0.2, 0) is 21.4 Å². The standard InChI is InChI=1S/C23H27Cl3N2O3S/c24-18-9-11-20(12-10-18)32(30,31)28(15-17-8-13-21(25)22(26)14-17)16-23(29)27-19-6-4-2-1-3-5-7-19/h8-14,19H,1-7,15-16H2,(H,27,29). The van der Waals surface area contributed by atoms with Crippen LogP contribution >= 0.6 is 34.8 Å². The van der Waals surface area contributed by atoms with Gasteiger partial charge in [-0.05, 0) is 54.8 Å². The molecule has 1 amide bonds. The predicted octanol–water partition coefficient (Wildman–Crippen LogP) is 6.07. The van der Waals surface area contributed by atoms with Gasteiger partial charge in [-0.25, -0.2) is 8.42 Å². The molecule has 1 N–H and O–H groups in total. The number of hydrogen-bond acceptors (Lipinski definition) is 3. The van der Waals surface area contributed by atoms with E-state index in [9.17, 15) is 13.2 Å². The maximum atomic E-state index is 13.4. The van der Waals surface area contributed by atoms with Crippen LogP contribution in [-0.4, -0.2) is 31.2 Å². The van der Waals surface area contributed by atoms with Crippen molar-refractivity contribution in [1.82, 2.24) is 9.62 Å². The van der Waals surface area contributed by atoms with E-state index in [1.54, 1.807) is 18.2 Å². The molecule has 1 aliphatic rings. The molecular weight excluding hydrogens is 491 g/mol. The summed E-state index contributed by atoms with van der Waals surface area (Å²) >= 11 is 18.0. The molecule has 0 spiro atoms. The van der Waals surface area contributed by atoms with E-state index in [1.165, 1.54) is 43.5 Å². The van der Waals surface area contributed by atoms with Crippen molar-refractivity contribution in [2.75, 3.05) is 6.54 Å². The fourth-order valence-electron chi connectivity index (χ4n) is 3.86. The van der Waals surface area contributed by atoms with Crippen molar-refractivity contribution in [2.24, 2.45) is 0 Å². The largest absolute Gasteiger partial charge is 0.352 e. The molecule has 2 aromatic carbocycles. The minimum atomic E-state index is -3.95. The number of carbonyl (C=O) groups excluding carboxylic acids is 1. The van der Waals surface area contributed by atoms with Crippen LogP contribution in [0.4, 0.5) is 0 Å². The zero-order valence-electron chi connectivity index (χ0n) is 17.7. The van der Waals surface area contributed by atoms with Gasteiger partial charge >= 0.3 is 0 Å². The molecule has 1 saturated carbocycles. The second-order valence-electron chi connectivity index (χ2n) is 8.09. The number of rotatable bonds is 7. The van der Waals surface area contributed by atoms with Crippen LogP contribution in [0.1, 0.15) is 50.5 Å². The summed E-state index contributed by atoms with van der Waals surface area (Å²) in [4.78, 5) is 12.9. The van der Waals surface area contributed by atoms with E-state index in [4.69, 9.17) is 34.8 Å². The molecule has 1 fully saturated rings. The fourth-order valence-corrected chi connectivity index (χ4v) is 5.69. The Labute approximate surface area is 205 Å².